The first kappa shape index (κ1) is 18.6. The van der Waals surface area contributed by atoms with Gasteiger partial charge >= 0.3 is 0 Å². The Labute approximate surface area is 159 Å². The van der Waals surface area contributed by atoms with E-state index < -0.39 is 0 Å². The lowest BCUT2D eigenvalue weighted by atomic mass is 10.0. The van der Waals surface area contributed by atoms with Crippen molar-refractivity contribution in [2.75, 3.05) is 10.6 Å². The summed E-state index contributed by atoms with van der Waals surface area (Å²) in [4.78, 5) is 21.0. The molecule has 0 unspecified atom stereocenters. The molecule has 5 nitrogen and oxygen atoms in total. The molecule has 0 aliphatic rings. The van der Waals surface area contributed by atoms with Crippen molar-refractivity contribution in [3.63, 3.8) is 0 Å². The van der Waals surface area contributed by atoms with Gasteiger partial charge < -0.3 is 10.6 Å². The van der Waals surface area contributed by atoms with Crippen LogP contribution in [0.25, 0.3) is 0 Å². The average Bonchev–Trinajstić information content (AvgIpc) is 2.67. The van der Waals surface area contributed by atoms with Crippen LogP contribution >= 0.6 is 0 Å². The molecular weight excluding hydrogens is 336 g/mol. The van der Waals surface area contributed by atoms with Gasteiger partial charge in [0.05, 0.1) is 0 Å². The van der Waals surface area contributed by atoms with Gasteiger partial charge in [-0.25, -0.2) is 9.97 Å². The van der Waals surface area contributed by atoms with Crippen LogP contribution in [0, 0.1) is 6.92 Å². The molecule has 27 heavy (non-hydrogen) atoms. The Balaban J connectivity index is 1.70. The zero-order valence-electron chi connectivity index (χ0n) is 15.9. The molecule has 138 valence electrons. The maximum atomic E-state index is 12.6. The summed E-state index contributed by atoms with van der Waals surface area (Å²) in [5.74, 6) is 0.691. The number of hydrogen-bond donors (Lipinski definition) is 2. The monoisotopic (exact) mass is 360 g/mol. The Kier molecular flexibility index (Phi) is 5.81. The van der Waals surface area contributed by atoms with Gasteiger partial charge in [0.1, 0.15) is 17.8 Å². The highest BCUT2D eigenvalue weighted by Crippen LogP contribution is 2.24. The van der Waals surface area contributed by atoms with Crippen LogP contribution < -0.4 is 10.6 Å². The summed E-state index contributed by atoms with van der Waals surface area (Å²) in [6.45, 7) is 6.90. The van der Waals surface area contributed by atoms with Crippen LogP contribution in [0.15, 0.2) is 60.9 Å². The second-order valence-electron chi connectivity index (χ2n) is 6.83. The fourth-order valence-electron chi connectivity index (χ4n) is 2.89. The third-order valence-electron chi connectivity index (χ3n) is 4.29. The van der Waals surface area contributed by atoms with E-state index in [1.165, 1.54) is 11.9 Å². The molecule has 0 atom stereocenters. The maximum Gasteiger partial charge on any atom is 0.274 e. The second kappa shape index (κ2) is 8.45. The Hall–Kier alpha value is -3.21. The Bertz CT molecular complexity index is 937. The van der Waals surface area contributed by atoms with Crippen molar-refractivity contribution in [3.8, 4) is 0 Å². The van der Waals surface area contributed by atoms with Crippen molar-refractivity contribution in [3.05, 3.63) is 83.3 Å². The van der Waals surface area contributed by atoms with Gasteiger partial charge in [-0.1, -0.05) is 61.9 Å². The summed E-state index contributed by atoms with van der Waals surface area (Å²) in [5.41, 5.74) is 4.60. The Morgan fingerprint density at radius 1 is 1.04 bits per heavy atom. The Morgan fingerprint density at radius 3 is 2.63 bits per heavy atom. The van der Waals surface area contributed by atoms with Crippen LogP contribution in [-0.2, 0) is 6.54 Å². The van der Waals surface area contributed by atoms with Crippen molar-refractivity contribution >= 4 is 17.4 Å². The predicted octanol–water partition coefficient (Wildman–Crippen LogP) is 4.77. The number of benzene rings is 2. The van der Waals surface area contributed by atoms with Gasteiger partial charge in [0, 0.05) is 18.3 Å². The van der Waals surface area contributed by atoms with E-state index in [0.717, 1.165) is 16.8 Å². The zero-order valence-corrected chi connectivity index (χ0v) is 15.9. The summed E-state index contributed by atoms with van der Waals surface area (Å²) in [7, 11) is 0. The molecule has 0 bridgehead atoms. The molecule has 0 saturated heterocycles. The molecular formula is C22H24N4O. The highest BCUT2D eigenvalue weighted by atomic mass is 16.1. The van der Waals surface area contributed by atoms with E-state index in [1.807, 2.05) is 30.3 Å². The van der Waals surface area contributed by atoms with Crippen LogP contribution in [-0.4, -0.2) is 15.9 Å². The SMILES string of the molecule is Cc1cccc(CNc2cc(C(=O)Nc3ccccc3C(C)C)ncn2)c1. The largest absolute Gasteiger partial charge is 0.366 e. The van der Waals surface area contributed by atoms with Crippen molar-refractivity contribution in [2.24, 2.45) is 0 Å². The molecule has 0 radical (unpaired) electrons. The highest BCUT2D eigenvalue weighted by molar-refractivity contribution is 6.03. The summed E-state index contributed by atoms with van der Waals surface area (Å²) in [5, 5.41) is 6.21. The van der Waals surface area contributed by atoms with Crippen LogP contribution in [0.1, 0.15) is 46.9 Å². The molecule has 0 fully saturated rings. The Morgan fingerprint density at radius 2 is 1.85 bits per heavy atom. The van der Waals surface area contributed by atoms with Gasteiger partial charge in [-0.2, -0.15) is 0 Å². The van der Waals surface area contributed by atoms with E-state index in [0.29, 0.717) is 24.0 Å². The van der Waals surface area contributed by atoms with E-state index in [9.17, 15) is 4.79 Å². The fourth-order valence-corrected chi connectivity index (χ4v) is 2.89. The number of aryl methyl sites for hydroxylation is 1. The third kappa shape index (κ3) is 4.91. The minimum Gasteiger partial charge on any atom is -0.366 e. The van der Waals surface area contributed by atoms with Gasteiger partial charge in [-0.15, -0.1) is 0 Å². The molecule has 0 spiro atoms. The topological polar surface area (TPSA) is 66.9 Å². The summed E-state index contributed by atoms with van der Waals surface area (Å²) < 4.78 is 0. The lowest BCUT2D eigenvalue weighted by molar-refractivity contribution is 0.102. The molecule has 1 aromatic heterocycles. The fraction of sp³-hybridized carbons (Fsp3) is 0.227. The first-order valence-electron chi connectivity index (χ1n) is 9.04. The van der Waals surface area contributed by atoms with Crippen LogP contribution in [0.4, 0.5) is 11.5 Å². The first-order valence-corrected chi connectivity index (χ1v) is 9.04. The van der Waals surface area contributed by atoms with Crippen molar-refractivity contribution < 1.29 is 4.79 Å². The molecule has 1 heterocycles. The van der Waals surface area contributed by atoms with E-state index in [-0.39, 0.29) is 5.91 Å². The highest BCUT2D eigenvalue weighted by Gasteiger charge is 2.12. The van der Waals surface area contributed by atoms with Crippen LogP contribution in [0.2, 0.25) is 0 Å². The van der Waals surface area contributed by atoms with E-state index in [2.05, 4.69) is 59.6 Å². The number of aromatic nitrogens is 2. The first-order chi connectivity index (χ1) is 13.0. The summed E-state index contributed by atoms with van der Waals surface area (Å²) in [6.07, 6.45) is 1.40. The van der Waals surface area contributed by atoms with Crippen molar-refractivity contribution in [1.29, 1.82) is 0 Å². The standard InChI is InChI=1S/C22H24N4O/c1-15(2)18-9-4-5-10-19(18)26-22(27)20-12-21(25-14-24-20)23-13-17-8-6-7-16(3)11-17/h4-12,14-15H,13H2,1-3H3,(H,26,27)(H,23,24,25). The van der Waals surface area contributed by atoms with Gasteiger partial charge in [0.2, 0.25) is 0 Å². The molecule has 0 aliphatic heterocycles. The lowest BCUT2D eigenvalue weighted by Gasteiger charge is -2.13. The minimum absolute atomic E-state index is 0.246. The predicted molar refractivity (Wildman–Crippen MR) is 109 cm³/mol. The third-order valence-corrected chi connectivity index (χ3v) is 4.29. The van der Waals surface area contributed by atoms with E-state index >= 15 is 0 Å². The maximum absolute atomic E-state index is 12.6. The molecule has 1 amide bonds. The minimum atomic E-state index is -0.246. The molecule has 2 aromatic carbocycles. The van der Waals surface area contributed by atoms with E-state index in [1.54, 1.807) is 6.07 Å². The van der Waals surface area contributed by atoms with Crippen molar-refractivity contribution in [2.45, 2.75) is 33.2 Å². The number of nitrogens with one attached hydrogen (secondary N) is 2. The quantitative estimate of drug-likeness (QED) is 0.664. The number of rotatable bonds is 6. The van der Waals surface area contributed by atoms with Gasteiger partial charge in [0.15, 0.2) is 0 Å². The second-order valence-corrected chi connectivity index (χ2v) is 6.83. The smallest absolute Gasteiger partial charge is 0.274 e. The summed E-state index contributed by atoms with van der Waals surface area (Å²) >= 11 is 0. The molecule has 0 saturated carbocycles. The molecule has 3 aromatic rings. The van der Waals surface area contributed by atoms with Crippen molar-refractivity contribution in [1.82, 2.24) is 9.97 Å². The average molecular weight is 360 g/mol. The molecule has 5 heteroatoms. The number of nitrogens with zero attached hydrogens (tertiary/aromatic N) is 2. The number of anilines is 2. The number of carbonyl (C=O) groups excluding carboxylic acids is 1. The van der Waals surface area contributed by atoms with Gasteiger partial charge in [-0.3, -0.25) is 4.79 Å². The summed E-state index contributed by atoms with van der Waals surface area (Å²) in [6, 6.07) is 17.7. The number of hydrogen-bond acceptors (Lipinski definition) is 4. The van der Waals surface area contributed by atoms with E-state index in [4.69, 9.17) is 0 Å². The lowest BCUT2D eigenvalue weighted by Crippen LogP contribution is -2.16. The molecule has 3 rings (SSSR count). The molecule has 2 N–H and O–H groups in total. The number of carbonyl (C=O) groups is 1. The number of para-hydroxylation sites is 1. The zero-order chi connectivity index (χ0) is 19.2. The van der Waals surface area contributed by atoms with Crippen LogP contribution in [0.3, 0.4) is 0 Å². The number of amides is 1. The van der Waals surface area contributed by atoms with Crippen LogP contribution in [0.5, 0.6) is 0 Å². The van der Waals surface area contributed by atoms with Gasteiger partial charge in [-0.05, 0) is 30.0 Å². The van der Waals surface area contributed by atoms with Gasteiger partial charge in [0.25, 0.3) is 5.91 Å². The normalized spacial score (nSPS) is 10.7. The molecule has 0 aliphatic carbocycles.